The molecule has 2 saturated heterocycles. The number of amides is 3. The maximum absolute atomic E-state index is 13.9. The van der Waals surface area contributed by atoms with Gasteiger partial charge in [0.15, 0.2) is 5.54 Å². The van der Waals surface area contributed by atoms with Crippen molar-refractivity contribution < 1.29 is 9.59 Å². The number of benzene rings is 3. The molecule has 0 saturated carbocycles. The van der Waals surface area contributed by atoms with E-state index in [4.69, 9.17) is 0 Å². The van der Waals surface area contributed by atoms with E-state index in [0.717, 1.165) is 30.6 Å². The van der Waals surface area contributed by atoms with Crippen LogP contribution in [-0.4, -0.2) is 40.9 Å². The Balaban J connectivity index is 1.44. The maximum atomic E-state index is 13.9. The highest BCUT2D eigenvalue weighted by Gasteiger charge is 2.56. The summed E-state index contributed by atoms with van der Waals surface area (Å²) in [6.07, 6.45) is 0.783. The highest BCUT2D eigenvalue weighted by atomic mass is 16.2. The Labute approximate surface area is 182 Å². The molecule has 5 nitrogen and oxygen atoms in total. The van der Waals surface area contributed by atoms with E-state index in [2.05, 4.69) is 22.3 Å². The third-order valence-corrected chi connectivity index (χ3v) is 6.33. The molecule has 5 rings (SSSR count). The number of carbonyl (C=O) groups excluding carboxylic acids is 2. The lowest BCUT2D eigenvalue weighted by Gasteiger charge is -2.29. The normalized spacial score (nSPS) is 20.8. The Morgan fingerprint density at radius 1 is 0.806 bits per heavy atom. The van der Waals surface area contributed by atoms with Crippen LogP contribution in [0.25, 0.3) is 0 Å². The van der Waals surface area contributed by atoms with E-state index in [1.165, 1.54) is 10.5 Å². The van der Waals surface area contributed by atoms with E-state index in [0.29, 0.717) is 6.54 Å². The van der Waals surface area contributed by atoms with Gasteiger partial charge in [0.2, 0.25) is 0 Å². The third kappa shape index (κ3) is 3.41. The van der Waals surface area contributed by atoms with E-state index in [1.807, 2.05) is 78.9 Å². The molecule has 5 heteroatoms. The number of hydrogen-bond acceptors (Lipinski definition) is 3. The minimum Gasteiger partial charge on any atom is -0.315 e. The lowest BCUT2D eigenvalue weighted by atomic mass is 9.82. The summed E-state index contributed by atoms with van der Waals surface area (Å²) in [6.45, 7) is 2.37. The number of rotatable bonds is 5. The van der Waals surface area contributed by atoms with Crippen LogP contribution in [0.1, 0.15) is 23.1 Å². The fourth-order valence-corrected chi connectivity index (χ4v) is 4.82. The fraction of sp³-hybridized carbons (Fsp3) is 0.231. The molecule has 0 radical (unpaired) electrons. The first-order chi connectivity index (χ1) is 15.2. The molecular weight excluding hydrogens is 386 g/mol. The predicted octanol–water partition coefficient (Wildman–Crippen LogP) is 3.76. The first-order valence-electron chi connectivity index (χ1n) is 10.7. The highest BCUT2D eigenvalue weighted by molar-refractivity contribution is 6.10. The number of nitrogens with one attached hydrogen (secondary N) is 1. The van der Waals surface area contributed by atoms with Gasteiger partial charge in [-0.1, -0.05) is 91.0 Å². The molecule has 2 aliphatic heterocycles. The largest absolute Gasteiger partial charge is 0.325 e. The van der Waals surface area contributed by atoms with Crippen LogP contribution in [0.5, 0.6) is 0 Å². The van der Waals surface area contributed by atoms with Crippen molar-refractivity contribution in [3.63, 3.8) is 0 Å². The number of likely N-dealkylation sites (tertiary alicyclic amines) is 1. The van der Waals surface area contributed by atoms with Crippen molar-refractivity contribution in [3.8, 4) is 0 Å². The van der Waals surface area contributed by atoms with Crippen LogP contribution < -0.4 is 5.32 Å². The Bertz CT molecular complexity index is 1030. The highest BCUT2D eigenvalue weighted by Crippen LogP contribution is 2.37. The van der Waals surface area contributed by atoms with Crippen molar-refractivity contribution in [2.24, 2.45) is 0 Å². The van der Waals surface area contributed by atoms with E-state index >= 15 is 0 Å². The monoisotopic (exact) mass is 411 g/mol. The van der Waals surface area contributed by atoms with Gasteiger partial charge in [-0.15, -0.1) is 0 Å². The summed E-state index contributed by atoms with van der Waals surface area (Å²) in [5.41, 5.74) is 1.61. The molecule has 3 amide bonds. The van der Waals surface area contributed by atoms with Crippen LogP contribution in [0.2, 0.25) is 0 Å². The number of urea groups is 1. The zero-order valence-corrected chi connectivity index (χ0v) is 17.3. The minimum absolute atomic E-state index is 0.134. The van der Waals surface area contributed by atoms with E-state index in [-0.39, 0.29) is 18.0 Å². The predicted molar refractivity (Wildman–Crippen MR) is 119 cm³/mol. The zero-order valence-electron chi connectivity index (χ0n) is 17.3. The van der Waals surface area contributed by atoms with Gasteiger partial charge in [-0.05, 0) is 23.1 Å². The summed E-state index contributed by atoms with van der Waals surface area (Å²) in [5.74, 6) is -0.193. The molecule has 3 aromatic rings. The lowest BCUT2D eigenvalue weighted by molar-refractivity contribution is -0.131. The molecule has 2 fully saturated rings. The van der Waals surface area contributed by atoms with E-state index in [9.17, 15) is 9.59 Å². The molecule has 1 atom stereocenters. The Morgan fingerprint density at radius 3 is 1.94 bits per heavy atom. The molecule has 3 aromatic carbocycles. The Hall–Kier alpha value is -3.44. The van der Waals surface area contributed by atoms with Crippen LogP contribution in [0, 0.1) is 0 Å². The number of nitrogens with zero attached hydrogens (tertiary/aromatic N) is 2. The Kier molecular flexibility index (Phi) is 5.04. The minimum atomic E-state index is -1.19. The van der Waals surface area contributed by atoms with Gasteiger partial charge in [0.05, 0.1) is 6.04 Å². The van der Waals surface area contributed by atoms with Crippen molar-refractivity contribution in [1.82, 2.24) is 15.1 Å². The molecule has 0 unspecified atom stereocenters. The van der Waals surface area contributed by atoms with Crippen LogP contribution in [-0.2, 0) is 16.9 Å². The number of carbonyl (C=O) groups is 2. The molecule has 2 aliphatic rings. The molecule has 0 bridgehead atoms. The van der Waals surface area contributed by atoms with Gasteiger partial charge >= 0.3 is 6.03 Å². The van der Waals surface area contributed by atoms with Crippen LogP contribution in [0.4, 0.5) is 4.79 Å². The van der Waals surface area contributed by atoms with Gasteiger partial charge < -0.3 is 5.32 Å². The molecule has 31 heavy (non-hydrogen) atoms. The average Bonchev–Trinajstić information content (AvgIpc) is 3.37. The van der Waals surface area contributed by atoms with Gasteiger partial charge in [0, 0.05) is 19.6 Å². The first-order valence-corrected chi connectivity index (χ1v) is 10.7. The first kappa shape index (κ1) is 19.5. The van der Waals surface area contributed by atoms with Crippen molar-refractivity contribution in [2.45, 2.75) is 24.5 Å². The smallest absolute Gasteiger partial charge is 0.315 e. The fourth-order valence-electron chi connectivity index (χ4n) is 4.82. The van der Waals surface area contributed by atoms with Gasteiger partial charge in [-0.2, -0.15) is 0 Å². The maximum Gasteiger partial charge on any atom is 0.325 e. The quantitative estimate of drug-likeness (QED) is 0.651. The van der Waals surface area contributed by atoms with Crippen molar-refractivity contribution >= 4 is 11.9 Å². The summed E-state index contributed by atoms with van der Waals surface area (Å²) in [6, 6.07) is 28.9. The summed E-state index contributed by atoms with van der Waals surface area (Å²) >= 11 is 0. The molecule has 0 aromatic heterocycles. The molecule has 2 heterocycles. The van der Waals surface area contributed by atoms with Crippen molar-refractivity contribution in [3.05, 3.63) is 108 Å². The SMILES string of the molecule is O=C1NC(c2ccccc2)(c2ccccc2)C(=O)N1[C@@H]1CCN(Cc2ccccc2)C1. The van der Waals surface area contributed by atoms with Crippen molar-refractivity contribution in [1.29, 1.82) is 0 Å². The van der Waals surface area contributed by atoms with Gasteiger partial charge in [0.1, 0.15) is 0 Å². The van der Waals surface area contributed by atoms with E-state index in [1.54, 1.807) is 0 Å². The second-order valence-corrected chi connectivity index (χ2v) is 8.25. The second kappa shape index (κ2) is 8.00. The number of imide groups is 1. The van der Waals surface area contributed by atoms with Crippen LogP contribution in [0.3, 0.4) is 0 Å². The van der Waals surface area contributed by atoms with Crippen LogP contribution >= 0.6 is 0 Å². The summed E-state index contributed by atoms with van der Waals surface area (Å²) in [7, 11) is 0. The summed E-state index contributed by atoms with van der Waals surface area (Å²) < 4.78 is 0. The van der Waals surface area contributed by atoms with Gasteiger partial charge in [-0.25, -0.2) is 4.79 Å². The Morgan fingerprint density at radius 2 is 1.35 bits per heavy atom. The molecule has 156 valence electrons. The molecule has 0 aliphatic carbocycles. The van der Waals surface area contributed by atoms with Gasteiger partial charge in [-0.3, -0.25) is 14.6 Å². The van der Waals surface area contributed by atoms with Gasteiger partial charge in [0.25, 0.3) is 5.91 Å². The van der Waals surface area contributed by atoms with Crippen molar-refractivity contribution in [2.75, 3.05) is 13.1 Å². The van der Waals surface area contributed by atoms with Crippen LogP contribution in [0.15, 0.2) is 91.0 Å². The average molecular weight is 412 g/mol. The molecule has 1 N–H and O–H groups in total. The second-order valence-electron chi connectivity index (χ2n) is 8.25. The standard InChI is InChI=1S/C26H25N3O2/c30-24-26(21-12-6-2-7-13-21,22-14-8-3-9-15-22)27-25(31)29(24)23-16-17-28(19-23)18-20-10-4-1-5-11-20/h1-15,23H,16-19H2,(H,27,31)/t23-/m1/s1. The third-order valence-electron chi connectivity index (χ3n) is 6.33. The zero-order chi connectivity index (χ0) is 21.3. The topological polar surface area (TPSA) is 52.7 Å². The summed E-state index contributed by atoms with van der Waals surface area (Å²) in [5, 5.41) is 3.06. The summed E-state index contributed by atoms with van der Waals surface area (Å²) in [4.78, 5) is 30.9. The lowest BCUT2D eigenvalue weighted by Crippen LogP contribution is -2.46. The van der Waals surface area contributed by atoms with E-state index < -0.39 is 5.54 Å². The molecule has 0 spiro atoms. The number of hydrogen-bond donors (Lipinski definition) is 1. The molecular formula is C26H25N3O2.